The molecule has 0 saturated heterocycles. The first-order valence-electron chi connectivity index (χ1n) is 5.06. The Kier molecular flexibility index (Phi) is 3.34. The summed E-state index contributed by atoms with van der Waals surface area (Å²) in [5, 5.41) is 17.8. The highest BCUT2D eigenvalue weighted by molar-refractivity contribution is 5.40. The number of nitrogens with zero attached hydrogens (tertiary/aromatic N) is 2. The highest BCUT2D eigenvalue weighted by Gasteiger charge is 2.04. The lowest BCUT2D eigenvalue weighted by molar-refractivity contribution is 0.281. The van der Waals surface area contributed by atoms with Gasteiger partial charge in [0.25, 0.3) is 0 Å². The third-order valence-electron chi connectivity index (χ3n) is 2.21. The molecule has 1 aromatic heterocycles. The average molecular weight is 226 g/mol. The largest absolute Gasteiger partial charge is 0.438 e. The van der Waals surface area contributed by atoms with Crippen molar-refractivity contribution in [3.63, 3.8) is 0 Å². The van der Waals surface area contributed by atoms with E-state index in [1.54, 1.807) is 42.6 Å². The van der Waals surface area contributed by atoms with Crippen LogP contribution in [0.15, 0.2) is 42.6 Å². The molecular weight excluding hydrogens is 216 g/mol. The van der Waals surface area contributed by atoms with Crippen LogP contribution in [0.25, 0.3) is 0 Å². The van der Waals surface area contributed by atoms with E-state index in [1.807, 2.05) is 6.07 Å². The highest BCUT2D eigenvalue weighted by Crippen LogP contribution is 2.22. The van der Waals surface area contributed by atoms with E-state index in [4.69, 9.17) is 15.1 Å². The third-order valence-corrected chi connectivity index (χ3v) is 2.21. The molecule has 2 aromatic rings. The van der Waals surface area contributed by atoms with Gasteiger partial charge in [0.1, 0.15) is 17.4 Å². The number of hydrogen-bond acceptors (Lipinski definition) is 4. The molecule has 0 saturated carbocycles. The van der Waals surface area contributed by atoms with Crippen molar-refractivity contribution >= 4 is 0 Å². The molecule has 1 aromatic carbocycles. The van der Waals surface area contributed by atoms with Gasteiger partial charge in [-0.3, -0.25) is 0 Å². The predicted molar refractivity (Wildman–Crippen MR) is 61.4 cm³/mol. The standard InChI is InChI=1S/C13H10N2O2/c14-8-11-2-1-7-15-13(11)17-12-5-3-10(9-16)4-6-12/h1-7,16H,9H2. The molecule has 0 aliphatic heterocycles. The molecular formula is C13H10N2O2. The molecule has 4 heteroatoms. The molecule has 0 aliphatic carbocycles. The lowest BCUT2D eigenvalue weighted by atomic mass is 10.2. The molecule has 0 amide bonds. The van der Waals surface area contributed by atoms with Crippen LogP contribution in [0.3, 0.4) is 0 Å². The predicted octanol–water partition coefficient (Wildman–Crippen LogP) is 2.24. The quantitative estimate of drug-likeness (QED) is 0.871. The van der Waals surface area contributed by atoms with Crippen LogP contribution in [-0.4, -0.2) is 10.1 Å². The van der Waals surface area contributed by atoms with Gasteiger partial charge in [-0.2, -0.15) is 5.26 Å². The second-order valence-electron chi connectivity index (χ2n) is 3.37. The number of benzene rings is 1. The first-order chi connectivity index (χ1) is 8.33. The molecule has 17 heavy (non-hydrogen) atoms. The minimum atomic E-state index is -0.00663. The second-order valence-corrected chi connectivity index (χ2v) is 3.37. The van der Waals surface area contributed by atoms with Crippen molar-refractivity contribution < 1.29 is 9.84 Å². The molecule has 0 atom stereocenters. The number of hydrogen-bond donors (Lipinski definition) is 1. The Balaban J connectivity index is 2.23. The molecule has 0 radical (unpaired) electrons. The van der Waals surface area contributed by atoms with E-state index in [0.29, 0.717) is 11.3 Å². The Morgan fingerprint density at radius 2 is 2.00 bits per heavy atom. The van der Waals surface area contributed by atoms with Crippen molar-refractivity contribution in [2.45, 2.75) is 6.61 Å². The van der Waals surface area contributed by atoms with E-state index >= 15 is 0 Å². The van der Waals surface area contributed by atoms with Crippen molar-refractivity contribution in [1.82, 2.24) is 4.98 Å². The van der Waals surface area contributed by atoms with E-state index < -0.39 is 0 Å². The number of rotatable bonds is 3. The van der Waals surface area contributed by atoms with Gasteiger partial charge in [0.05, 0.1) is 6.61 Å². The van der Waals surface area contributed by atoms with Crippen LogP contribution in [0.2, 0.25) is 0 Å². The summed E-state index contributed by atoms with van der Waals surface area (Å²) in [7, 11) is 0. The molecule has 2 rings (SSSR count). The molecule has 1 heterocycles. The number of nitriles is 1. The summed E-state index contributed by atoms with van der Waals surface area (Å²) in [6.45, 7) is -0.00663. The number of aliphatic hydroxyl groups is 1. The summed E-state index contributed by atoms with van der Waals surface area (Å²) in [6.07, 6.45) is 1.57. The van der Waals surface area contributed by atoms with Crippen LogP contribution in [0.4, 0.5) is 0 Å². The van der Waals surface area contributed by atoms with Crippen molar-refractivity contribution in [1.29, 1.82) is 5.26 Å². The van der Waals surface area contributed by atoms with E-state index in [2.05, 4.69) is 4.98 Å². The molecule has 84 valence electrons. The van der Waals surface area contributed by atoms with Crippen molar-refractivity contribution in [3.05, 3.63) is 53.7 Å². The summed E-state index contributed by atoms with van der Waals surface area (Å²) in [4.78, 5) is 3.99. The Morgan fingerprint density at radius 3 is 2.65 bits per heavy atom. The average Bonchev–Trinajstić information content (AvgIpc) is 2.40. The van der Waals surface area contributed by atoms with Gasteiger partial charge in [-0.1, -0.05) is 12.1 Å². The summed E-state index contributed by atoms with van der Waals surface area (Å²) in [5.74, 6) is 0.865. The number of aliphatic hydroxyl groups excluding tert-OH is 1. The van der Waals surface area contributed by atoms with Gasteiger partial charge in [-0.25, -0.2) is 4.98 Å². The maximum Gasteiger partial charge on any atom is 0.237 e. The van der Waals surface area contributed by atoms with Crippen molar-refractivity contribution in [2.24, 2.45) is 0 Å². The van der Waals surface area contributed by atoms with Gasteiger partial charge in [0.2, 0.25) is 5.88 Å². The van der Waals surface area contributed by atoms with E-state index in [-0.39, 0.29) is 12.5 Å². The lowest BCUT2D eigenvalue weighted by Gasteiger charge is -2.06. The SMILES string of the molecule is N#Cc1cccnc1Oc1ccc(CO)cc1. The van der Waals surface area contributed by atoms with Crippen LogP contribution in [-0.2, 0) is 6.61 Å². The fourth-order valence-corrected chi connectivity index (χ4v) is 1.33. The Bertz CT molecular complexity index is 544. The van der Waals surface area contributed by atoms with Gasteiger partial charge in [-0.15, -0.1) is 0 Å². The fourth-order valence-electron chi connectivity index (χ4n) is 1.33. The number of aromatic nitrogens is 1. The minimum absolute atomic E-state index is 0.00663. The number of ether oxygens (including phenoxy) is 1. The molecule has 0 aliphatic rings. The van der Waals surface area contributed by atoms with E-state index in [0.717, 1.165) is 5.56 Å². The first kappa shape index (κ1) is 11.1. The molecule has 0 unspecified atom stereocenters. The van der Waals surface area contributed by atoms with Crippen LogP contribution in [0, 0.1) is 11.3 Å². The molecule has 4 nitrogen and oxygen atoms in total. The zero-order valence-corrected chi connectivity index (χ0v) is 9.00. The Labute approximate surface area is 98.7 Å². The van der Waals surface area contributed by atoms with Gasteiger partial charge in [0, 0.05) is 6.20 Å². The molecule has 0 fully saturated rings. The Morgan fingerprint density at radius 1 is 1.24 bits per heavy atom. The normalized spacial score (nSPS) is 9.65. The minimum Gasteiger partial charge on any atom is -0.438 e. The van der Waals surface area contributed by atoms with Crippen LogP contribution < -0.4 is 4.74 Å². The topological polar surface area (TPSA) is 66.1 Å². The molecule has 0 spiro atoms. The maximum absolute atomic E-state index is 8.90. The van der Waals surface area contributed by atoms with E-state index in [9.17, 15) is 0 Å². The van der Waals surface area contributed by atoms with Crippen molar-refractivity contribution in [3.8, 4) is 17.7 Å². The number of pyridine rings is 1. The maximum atomic E-state index is 8.90. The van der Waals surface area contributed by atoms with Gasteiger partial charge in [0.15, 0.2) is 0 Å². The summed E-state index contributed by atoms with van der Waals surface area (Å²) in [5.41, 5.74) is 1.19. The zero-order valence-electron chi connectivity index (χ0n) is 9.00. The van der Waals surface area contributed by atoms with E-state index in [1.165, 1.54) is 0 Å². The zero-order chi connectivity index (χ0) is 12.1. The smallest absolute Gasteiger partial charge is 0.237 e. The molecule has 0 bridgehead atoms. The monoisotopic (exact) mass is 226 g/mol. The van der Waals surface area contributed by atoms with Crippen LogP contribution in [0.5, 0.6) is 11.6 Å². The highest BCUT2D eigenvalue weighted by atomic mass is 16.5. The summed E-state index contributed by atoms with van der Waals surface area (Å²) >= 11 is 0. The van der Waals surface area contributed by atoms with Gasteiger partial charge >= 0.3 is 0 Å². The first-order valence-corrected chi connectivity index (χ1v) is 5.06. The Hall–Kier alpha value is -2.38. The van der Waals surface area contributed by atoms with Crippen LogP contribution in [0.1, 0.15) is 11.1 Å². The second kappa shape index (κ2) is 5.10. The van der Waals surface area contributed by atoms with Gasteiger partial charge in [-0.05, 0) is 29.8 Å². The summed E-state index contributed by atoms with van der Waals surface area (Å²) in [6, 6.07) is 12.3. The summed E-state index contributed by atoms with van der Waals surface area (Å²) < 4.78 is 5.48. The molecule has 1 N–H and O–H groups in total. The van der Waals surface area contributed by atoms with Crippen molar-refractivity contribution in [2.75, 3.05) is 0 Å². The van der Waals surface area contributed by atoms with Crippen LogP contribution >= 0.6 is 0 Å². The lowest BCUT2D eigenvalue weighted by Crippen LogP contribution is -1.91. The fraction of sp³-hybridized carbons (Fsp3) is 0.0769. The van der Waals surface area contributed by atoms with Gasteiger partial charge < -0.3 is 9.84 Å². The third kappa shape index (κ3) is 2.60.